The molecule has 0 spiro atoms. The number of methoxy groups -OCH3 is 2. The van der Waals surface area contributed by atoms with Gasteiger partial charge in [-0.25, -0.2) is 0 Å². The Morgan fingerprint density at radius 1 is 1.29 bits per heavy atom. The van der Waals surface area contributed by atoms with E-state index in [0.717, 1.165) is 25.2 Å². The number of likely N-dealkylation sites (N-methyl/N-ethyl adjacent to an activating group) is 1. The summed E-state index contributed by atoms with van der Waals surface area (Å²) in [6.45, 7) is 5.71. The summed E-state index contributed by atoms with van der Waals surface area (Å²) < 4.78 is 10.8. The number of nitrogens with zero attached hydrogens (tertiary/aromatic N) is 2. The fourth-order valence-corrected chi connectivity index (χ4v) is 3.33. The van der Waals surface area contributed by atoms with Gasteiger partial charge in [-0.1, -0.05) is 0 Å². The minimum Gasteiger partial charge on any atom is -0.493 e. The molecule has 1 saturated heterocycles. The van der Waals surface area contributed by atoms with Crippen LogP contribution in [0, 0.1) is 6.92 Å². The number of aryl methyl sites for hydroxylation is 1. The van der Waals surface area contributed by atoms with Gasteiger partial charge < -0.3 is 19.5 Å². The summed E-state index contributed by atoms with van der Waals surface area (Å²) in [5.41, 5.74) is 1.58. The molecule has 1 aliphatic heterocycles. The number of carboxylic acid groups (broad SMARTS) is 1. The van der Waals surface area contributed by atoms with Crippen molar-refractivity contribution in [3.05, 3.63) is 23.3 Å². The van der Waals surface area contributed by atoms with Gasteiger partial charge in [0.1, 0.15) is 6.04 Å². The molecule has 24 heavy (non-hydrogen) atoms. The Morgan fingerprint density at radius 3 is 2.50 bits per heavy atom. The Balaban J connectivity index is 2.25. The van der Waals surface area contributed by atoms with Crippen molar-refractivity contribution in [2.45, 2.75) is 25.8 Å². The van der Waals surface area contributed by atoms with Crippen molar-refractivity contribution in [1.29, 1.82) is 0 Å². The van der Waals surface area contributed by atoms with Crippen LogP contribution in [-0.2, 0) is 4.79 Å². The molecule has 0 bridgehead atoms. The first kappa shape index (κ1) is 18.5. The number of benzene rings is 1. The van der Waals surface area contributed by atoms with E-state index < -0.39 is 12.0 Å². The van der Waals surface area contributed by atoms with Gasteiger partial charge in [0.2, 0.25) is 0 Å². The number of rotatable bonds is 8. The van der Waals surface area contributed by atoms with Crippen molar-refractivity contribution in [2.24, 2.45) is 0 Å². The molecule has 0 saturated carbocycles. The predicted molar refractivity (Wildman–Crippen MR) is 93.0 cm³/mol. The molecular formula is C18H28N2O4. The summed E-state index contributed by atoms with van der Waals surface area (Å²) in [5, 5.41) is 9.81. The average Bonchev–Trinajstić information content (AvgIpc) is 3.05. The number of carbonyl (C=O) groups is 1. The first-order chi connectivity index (χ1) is 11.5. The van der Waals surface area contributed by atoms with Crippen LogP contribution in [0.2, 0.25) is 0 Å². The van der Waals surface area contributed by atoms with Gasteiger partial charge in [-0.15, -0.1) is 0 Å². The number of hydrogen-bond donors (Lipinski definition) is 1. The lowest BCUT2D eigenvalue weighted by molar-refractivity contribution is -0.143. The lowest BCUT2D eigenvalue weighted by Gasteiger charge is -2.28. The third-order valence-electron chi connectivity index (χ3n) is 4.59. The van der Waals surface area contributed by atoms with Crippen LogP contribution in [0.4, 0.5) is 0 Å². The summed E-state index contributed by atoms with van der Waals surface area (Å²) in [6.07, 6.45) is 2.46. The maximum Gasteiger partial charge on any atom is 0.325 e. The molecule has 1 aromatic carbocycles. The molecule has 1 aliphatic rings. The molecule has 0 aliphatic carbocycles. The third-order valence-corrected chi connectivity index (χ3v) is 4.59. The van der Waals surface area contributed by atoms with E-state index in [0.29, 0.717) is 23.6 Å². The summed E-state index contributed by atoms with van der Waals surface area (Å²) in [4.78, 5) is 16.2. The lowest BCUT2D eigenvalue weighted by Crippen LogP contribution is -2.37. The van der Waals surface area contributed by atoms with Crippen LogP contribution in [-0.4, -0.2) is 68.3 Å². The van der Waals surface area contributed by atoms with Crippen molar-refractivity contribution in [2.75, 3.05) is 47.4 Å². The topological polar surface area (TPSA) is 62.2 Å². The van der Waals surface area contributed by atoms with E-state index in [2.05, 4.69) is 4.90 Å². The quantitative estimate of drug-likeness (QED) is 0.785. The highest BCUT2D eigenvalue weighted by Crippen LogP contribution is 2.38. The van der Waals surface area contributed by atoms with Gasteiger partial charge in [0.05, 0.1) is 14.2 Å². The maximum atomic E-state index is 12.0. The summed E-state index contributed by atoms with van der Waals surface area (Å²) in [5.74, 6) is 0.167. The number of hydrogen-bond acceptors (Lipinski definition) is 5. The second-order valence-corrected chi connectivity index (χ2v) is 6.36. The molecule has 6 heteroatoms. The molecule has 0 aromatic heterocycles. The third kappa shape index (κ3) is 4.19. The highest BCUT2D eigenvalue weighted by atomic mass is 16.5. The molecular weight excluding hydrogens is 308 g/mol. The van der Waals surface area contributed by atoms with Crippen LogP contribution < -0.4 is 9.47 Å². The number of aliphatic carboxylic acids is 1. The Hall–Kier alpha value is -1.79. The van der Waals surface area contributed by atoms with E-state index in [1.165, 1.54) is 12.8 Å². The first-order valence-electron chi connectivity index (χ1n) is 8.35. The van der Waals surface area contributed by atoms with Gasteiger partial charge in [-0.2, -0.15) is 0 Å². The second-order valence-electron chi connectivity index (χ2n) is 6.36. The van der Waals surface area contributed by atoms with E-state index >= 15 is 0 Å². The largest absolute Gasteiger partial charge is 0.493 e. The number of carboxylic acids is 1. The van der Waals surface area contributed by atoms with Crippen molar-refractivity contribution in [3.63, 3.8) is 0 Å². The molecule has 6 nitrogen and oxygen atoms in total. The van der Waals surface area contributed by atoms with Gasteiger partial charge in [0, 0.05) is 18.7 Å². The monoisotopic (exact) mass is 336 g/mol. The van der Waals surface area contributed by atoms with Gasteiger partial charge >= 0.3 is 5.97 Å². The Morgan fingerprint density at radius 2 is 1.96 bits per heavy atom. The molecule has 134 valence electrons. The summed E-state index contributed by atoms with van der Waals surface area (Å²) >= 11 is 0. The van der Waals surface area contributed by atoms with Crippen LogP contribution in [0.5, 0.6) is 11.5 Å². The van der Waals surface area contributed by atoms with E-state index in [1.54, 1.807) is 14.2 Å². The smallest absolute Gasteiger partial charge is 0.325 e. The molecule has 0 unspecified atom stereocenters. The number of likely N-dealkylation sites (tertiary alicyclic amines) is 1. The highest BCUT2D eigenvalue weighted by Gasteiger charge is 2.30. The standard InChI is InChI=1S/C18H28N2O4/c1-13-11-14(17(24-4)15(12-13)23-3)16(18(21)22)19(2)9-10-20-7-5-6-8-20/h11-12,16H,5-10H2,1-4H3,(H,21,22)/t16-/m1/s1. The zero-order chi connectivity index (χ0) is 17.7. The molecule has 1 atom stereocenters. The van der Waals surface area contributed by atoms with E-state index in [1.807, 2.05) is 31.0 Å². The fraction of sp³-hybridized carbons (Fsp3) is 0.611. The van der Waals surface area contributed by atoms with Crippen molar-refractivity contribution in [1.82, 2.24) is 9.80 Å². The van der Waals surface area contributed by atoms with Gasteiger partial charge in [-0.05, 0) is 57.6 Å². The van der Waals surface area contributed by atoms with Crippen LogP contribution in [0.1, 0.15) is 30.0 Å². The molecule has 1 aromatic rings. The predicted octanol–water partition coefficient (Wildman–Crippen LogP) is 2.17. The Bertz CT molecular complexity index is 570. The number of ether oxygens (including phenoxy) is 2. The molecule has 1 fully saturated rings. The molecule has 0 radical (unpaired) electrons. The molecule has 1 heterocycles. The normalized spacial score (nSPS) is 16.4. The Kier molecular flexibility index (Phi) is 6.45. The molecule has 1 N–H and O–H groups in total. The summed E-state index contributed by atoms with van der Waals surface area (Å²) in [7, 11) is 4.96. The van der Waals surface area contributed by atoms with Crippen LogP contribution in [0.3, 0.4) is 0 Å². The Labute approximate surface area is 144 Å². The van der Waals surface area contributed by atoms with Gasteiger partial charge in [0.15, 0.2) is 11.5 Å². The SMILES string of the molecule is COc1cc(C)cc([C@H](C(=O)O)N(C)CCN2CCCC2)c1OC. The van der Waals surface area contributed by atoms with Crippen molar-refractivity contribution in [3.8, 4) is 11.5 Å². The van der Waals surface area contributed by atoms with E-state index in [9.17, 15) is 9.90 Å². The fourth-order valence-electron chi connectivity index (χ4n) is 3.33. The zero-order valence-electron chi connectivity index (χ0n) is 15.0. The van der Waals surface area contributed by atoms with Gasteiger partial charge in [-0.3, -0.25) is 9.69 Å². The van der Waals surface area contributed by atoms with Crippen LogP contribution in [0.15, 0.2) is 12.1 Å². The average molecular weight is 336 g/mol. The van der Waals surface area contributed by atoms with E-state index in [4.69, 9.17) is 9.47 Å². The maximum absolute atomic E-state index is 12.0. The van der Waals surface area contributed by atoms with Crippen LogP contribution >= 0.6 is 0 Å². The summed E-state index contributed by atoms with van der Waals surface area (Å²) in [6, 6.07) is 2.95. The minimum absolute atomic E-state index is 0.489. The van der Waals surface area contributed by atoms with Crippen molar-refractivity contribution < 1.29 is 19.4 Å². The van der Waals surface area contributed by atoms with E-state index in [-0.39, 0.29) is 0 Å². The molecule has 2 rings (SSSR count). The van der Waals surface area contributed by atoms with Crippen molar-refractivity contribution >= 4 is 5.97 Å². The lowest BCUT2D eigenvalue weighted by atomic mass is 10.0. The first-order valence-corrected chi connectivity index (χ1v) is 8.35. The molecule has 0 amide bonds. The highest BCUT2D eigenvalue weighted by molar-refractivity contribution is 5.77. The zero-order valence-corrected chi connectivity index (χ0v) is 15.0. The van der Waals surface area contributed by atoms with Crippen LogP contribution in [0.25, 0.3) is 0 Å². The van der Waals surface area contributed by atoms with Gasteiger partial charge in [0.25, 0.3) is 0 Å². The second kappa shape index (κ2) is 8.35. The minimum atomic E-state index is -0.884.